The molecule has 1 unspecified atom stereocenters. The number of aromatic amines is 1. The summed E-state index contributed by atoms with van der Waals surface area (Å²) in [5.41, 5.74) is 3.60. The second kappa shape index (κ2) is 10.6. The topological polar surface area (TPSA) is 105 Å². The van der Waals surface area contributed by atoms with Crippen molar-refractivity contribution in [2.75, 3.05) is 44.8 Å². The summed E-state index contributed by atoms with van der Waals surface area (Å²) >= 11 is 1.72. The van der Waals surface area contributed by atoms with Crippen molar-refractivity contribution in [1.29, 1.82) is 0 Å². The highest BCUT2D eigenvalue weighted by Crippen LogP contribution is 2.32. The monoisotopic (exact) mass is 530 g/mol. The molecule has 0 spiro atoms. The van der Waals surface area contributed by atoms with E-state index >= 15 is 0 Å². The number of benzene rings is 2. The largest absolute Gasteiger partial charge is 0.383 e. The first-order valence-corrected chi connectivity index (χ1v) is 13.7. The molecule has 38 heavy (non-hydrogen) atoms. The minimum Gasteiger partial charge on any atom is -0.383 e. The number of aromatic nitrogens is 6. The molecule has 4 heterocycles. The maximum absolute atomic E-state index is 13.5. The molecule has 1 fully saturated rings. The number of para-hydroxylation sites is 1. The van der Waals surface area contributed by atoms with Gasteiger partial charge in [0.15, 0.2) is 11.0 Å². The van der Waals surface area contributed by atoms with Crippen molar-refractivity contribution in [1.82, 2.24) is 35.1 Å². The Balaban J connectivity index is 1.35. The number of anilines is 1. The Morgan fingerprint density at radius 2 is 1.95 bits per heavy atom. The molecule has 196 valence electrons. The van der Waals surface area contributed by atoms with Crippen molar-refractivity contribution < 1.29 is 4.74 Å². The molecule has 3 aromatic heterocycles. The molecule has 0 aliphatic carbocycles. The van der Waals surface area contributed by atoms with Crippen LogP contribution in [0.4, 0.5) is 5.13 Å². The highest BCUT2D eigenvalue weighted by molar-refractivity contribution is 7.22. The number of ether oxygens (including phenoxy) is 1. The average Bonchev–Trinajstić information content (AvgIpc) is 3.60. The van der Waals surface area contributed by atoms with Gasteiger partial charge in [0.2, 0.25) is 0 Å². The molecule has 11 heteroatoms. The number of fused-ring (bicyclic) bond motifs is 2. The normalized spacial score (nSPS) is 15.5. The summed E-state index contributed by atoms with van der Waals surface area (Å²) in [6, 6.07) is 16.0. The maximum atomic E-state index is 13.5. The highest BCUT2D eigenvalue weighted by Gasteiger charge is 2.33. The summed E-state index contributed by atoms with van der Waals surface area (Å²) in [5.74, 6) is 0.645. The lowest BCUT2D eigenvalue weighted by Crippen LogP contribution is -2.49. The average molecular weight is 531 g/mol. The molecule has 1 aliphatic rings. The highest BCUT2D eigenvalue weighted by atomic mass is 32.1. The van der Waals surface area contributed by atoms with Crippen LogP contribution in [-0.2, 0) is 17.7 Å². The number of nitrogens with one attached hydrogen (secondary N) is 1. The number of tetrazole rings is 1. The standard InChI is InChI=1S/C27H30N8O2S/c1-3-18-8-9-21-19(16-18)17-20(26(36)28-21)24(25-30-31-32-35(25)14-15-37-2)33-10-12-34(13-11-33)27-29-22-6-4-5-7-23(22)38-27/h4-9,16-17,24H,3,10-15H2,1-2H3,(H,28,36). The third-order valence-electron chi connectivity index (χ3n) is 7.18. The van der Waals surface area contributed by atoms with Crippen molar-refractivity contribution in [3.05, 3.63) is 75.8 Å². The predicted octanol–water partition coefficient (Wildman–Crippen LogP) is 3.24. The molecular formula is C27H30N8O2S. The van der Waals surface area contributed by atoms with Crippen LogP contribution in [0.15, 0.2) is 53.3 Å². The van der Waals surface area contributed by atoms with Crippen LogP contribution in [0.25, 0.3) is 21.1 Å². The van der Waals surface area contributed by atoms with Crippen LogP contribution in [-0.4, -0.2) is 75.0 Å². The number of rotatable bonds is 8. The van der Waals surface area contributed by atoms with E-state index < -0.39 is 6.04 Å². The van der Waals surface area contributed by atoms with Gasteiger partial charge in [-0.2, -0.15) is 0 Å². The maximum Gasteiger partial charge on any atom is 0.253 e. The Morgan fingerprint density at radius 3 is 2.74 bits per heavy atom. The Hall–Kier alpha value is -3.67. The van der Waals surface area contributed by atoms with E-state index in [1.165, 1.54) is 10.3 Å². The Bertz CT molecular complexity index is 1590. The predicted molar refractivity (Wildman–Crippen MR) is 149 cm³/mol. The number of nitrogens with zero attached hydrogens (tertiary/aromatic N) is 7. The van der Waals surface area contributed by atoms with Crippen molar-refractivity contribution in [3.63, 3.8) is 0 Å². The van der Waals surface area contributed by atoms with E-state index in [0.29, 0.717) is 24.5 Å². The van der Waals surface area contributed by atoms with Gasteiger partial charge in [-0.05, 0) is 58.1 Å². The van der Waals surface area contributed by atoms with E-state index in [2.05, 4.69) is 61.5 Å². The number of hydrogen-bond acceptors (Lipinski definition) is 9. The summed E-state index contributed by atoms with van der Waals surface area (Å²) < 4.78 is 8.22. The first-order chi connectivity index (χ1) is 18.6. The molecule has 1 aliphatic heterocycles. The number of H-pyrrole nitrogens is 1. The smallest absolute Gasteiger partial charge is 0.253 e. The minimum absolute atomic E-state index is 0.123. The van der Waals surface area contributed by atoms with Gasteiger partial charge < -0.3 is 14.6 Å². The lowest BCUT2D eigenvalue weighted by Gasteiger charge is -2.38. The van der Waals surface area contributed by atoms with Crippen molar-refractivity contribution in [2.24, 2.45) is 0 Å². The quantitative estimate of drug-likeness (QED) is 0.326. The van der Waals surface area contributed by atoms with Gasteiger partial charge >= 0.3 is 0 Å². The molecule has 1 N–H and O–H groups in total. The molecule has 10 nitrogen and oxygen atoms in total. The molecule has 1 saturated heterocycles. The molecule has 0 amide bonds. The second-order valence-corrected chi connectivity index (χ2v) is 10.5. The second-order valence-electron chi connectivity index (χ2n) is 9.47. The van der Waals surface area contributed by atoms with Crippen LogP contribution >= 0.6 is 11.3 Å². The Labute approximate surface area is 223 Å². The summed E-state index contributed by atoms with van der Waals surface area (Å²) in [4.78, 5) is 26.0. The summed E-state index contributed by atoms with van der Waals surface area (Å²) in [5, 5.41) is 14.6. The zero-order chi connectivity index (χ0) is 26.1. The van der Waals surface area contributed by atoms with E-state index in [1.54, 1.807) is 23.1 Å². The van der Waals surface area contributed by atoms with Crippen molar-refractivity contribution in [2.45, 2.75) is 25.9 Å². The van der Waals surface area contributed by atoms with Gasteiger partial charge in [-0.3, -0.25) is 9.69 Å². The molecule has 1 atom stereocenters. The van der Waals surface area contributed by atoms with Crippen LogP contribution in [0.2, 0.25) is 0 Å². The third-order valence-corrected chi connectivity index (χ3v) is 8.28. The van der Waals surface area contributed by atoms with Crippen LogP contribution in [0, 0.1) is 0 Å². The first-order valence-electron chi connectivity index (χ1n) is 12.9. The Morgan fingerprint density at radius 1 is 1.11 bits per heavy atom. The van der Waals surface area contributed by atoms with Crippen LogP contribution in [0.5, 0.6) is 0 Å². The Kier molecular flexibility index (Phi) is 6.88. The lowest BCUT2D eigenvalue weighted by molar-refractivity contribution is 0.171. The van der Waals surface area contributed by atoms with E-state index in [0.717, 1.165) is 54.2 Å². The number of aryl methyl sites for hydroxylation is 1. The van der Waals surface area contributed by atoms with Gasteiger partial charge in [0.05, 0.1) is 23.4 Å². The first kappa shape index (κ1) is 24.7. The molecule has 0 bridgehead atoms. The molecule has 0 saturated carbocycles. The van der Waals surface area contributed by atoms with E-state index in [9.17, 15) is 4.79 Å². The molecule has 5 aromatic rings. The zero-order valence-electron chi connectivity index (χ0n) is 21.5. The lowest BCUT2D eigenvalue weighted by atomic mass is 10.0. The fraction of sp³-hybridized carbons (Fsp3) is 0.370. The van der Waals surface area contributed by atoms with Gasteiger partial charge in [0.25, 0.3) is 5.56 Å². The van der Waals surface area contributed by atoms with E-state index in [-0.39, 0.29) is 5.56 Å². The van der Waals surface area contributed by atoms with Gasteiger partial charge in [-0.1, -0.05) is 36.5 Å². The van der Waals surface area contributed by atoms with Crippen LogP contribution in [0.1, 0.15) is 29.9 Å². The number of thiazole rings is 1. The number of hydrogen-bond donors (Lipinski definition) is 1. The summed E-state index contributed by atoms with van der Waals surface area (Å²) in [6.07, 6.45) is 0.927. The number of pyridine rings is 1. The third kappa shape index (κ3) is 4.68. The summed E-state index contributed by atoms with van der Waals surface area (Å²) in [7, 11) is 1.65. The fourth-order valence-electron chi connectivity index (χ4n) is 5.11. The fourth-order valence-corrected chi connectivity index (χ4v) is 6.12. The van der Waals surface area contributed by atoms with Gasteiger partial charge in [0.1, 0.15) is 6.04 Å². The molecular weight excluding hydrogens is 500 g/mol. The number of methoxy groups -OCH3 is 1. The molecule has 0 radical (unpaired) electrons. The SMILES string of the molecule is CCc1ccc2[nH]c(=O)c(C(c3nnnn3CCOC)N3CCN(c4nc5ccccc5s4)CC3)cc2c1. The van der Waals surface area contributed by atoms with Gasteiger partial charge in [-0.25, -0.2) is 9.67 Å². The summed E-state index contributed by atoms with van der Waals surface area (Å²) in [6.45, 7) is 6.18. The van der Waals surface area contributed by atoms with E-state index in [1.807, 2.05) is 24.3 Å². The van der Waals surface area contributed by atoms with E-state index in [4.69, 9.17) is 9.72 Å². The van der Waals surface area contributed by atoms with Crippen LogP contribution in [0.3, 0.4) is 0 Å². The van der Waals surface area contributed by atoms with Crippen molar-refractivity contribution in [3.8, 4) is 0 Å². The molecule has 2 aromatic carbocycles. The van der Waals surface area contributed by atoms with Crippen molar-refractivity contribution >= 4 is 37.6 Å². The zero-order valence-corrected chi connectivity index (χ0v) is 22.3. The van der Waals surface area contributed by atoms with Crippen LogP contribution < -0.4 is 10.5 Å². The minimum atomic E-state index is -0.391. The van der Waals surface area contributed by atoms with Gasteiger partial charge in [-0.15, -0.1) is 5.10 Å². The van der Waals surface area contributed by atoms with Gasteiger partial charge in [0, 0.05) is 44.4 Å². The molecule has 6 rings (SSSR count). The number of piperazine rings is 1.